The van der Waals surface area contributed by atoms with E-state index in [1.54, 1.807) is 32.4 Å². The first-order chi connectivity index (χ1) is 20.8. The molecule has 1 unspecified atom stereocenters. The highest BCUT2D eigenvalue weighted by atomic mass is 35.5. The van der Waals surface area contributed by atoms with Crippen LogP contribution in [0.15, 0.2) is 48.5 Å². The van der Waals surface area contributed by atoms with Gasteiger partial charge in [0.1, 0.15) is 0 Å². The summed E-state index contributed by atoms with van der Waals surface area (Å²) in [6.45, 7) is 7.74. The number of benzene rings is 3. The zero-order chi connectivity index (χ0) is 30.7. The van der Waals surface area contributed by atoms with E-state index in [2.05, 4.69) is 43.0 Å². The predicted molar refractivity (Wildman–Crippen MR) is 172 cm³/mol. The minimum Gasteiger partial charge on any atom is -0.493 e. The number of hydrogen-bond donors (Lipinski definition) is 0. The van der Waals surface area contributed by atoms with Crippen LogP contribution < -0.4 is 19.9 Å². The van der Waals surface area contributed by atoms with Gasteiger partial charge in [-0.3, -0.25) is 9.59 Å². The second-order valence-electron chi connectivity index (χ2n) is 11.3. The van der Waals surface area contributed by atoms with Gasteiger partial charge in [0.25, 0.3) is 0 Å². The van der Waals surface area contributed by atoms with Crippen molar-refractivity contribution in [3.63, 3.8) is 0 Å². The molecule has 226 valence electrons. The molecule has 0 fully saturated rings. The lowest BCUT2D eigenvalue weighted by Gasteiger charge is -2.27. The smallest absolute Gasteiger partial charge is 0.223 e. The van der Waals surface area contributed by atoms with Crippen molar-refractivity contribution in [3.05, 3.63) is 91.1 Å². The molecule has 0 aromatic heterocycles. The minimum atomic E-state index is -0.142. The molecule has 1 amide bonds. The highest BCUT2D eigenvalue weighted by Crippen LogP contribution is 2.33. The number of likely N-dealkylation sites (N-methyl/N-ethyl adjacent to an activating group) is 2. The van der Waals surface area contributed by atoms with E-state index < -0.39 is 0 Å². The maximum atomic E-state index is 13.9. The maximum absolute atomic E-state index is 13.9. The number of nitrogens with zero attached hydrogens (tertiary/aromatic N) is 2. The number of Topliss-reactive ketones (excluding diaryl/α,β-unsaturated/α-hetero) is 1. The van der Waals surface area contributed by atoms with E-state index in [9.17, 15) is 9.59 Å². The topological polar surface area (TPSA) is 59.1 Å². The van der Waals surface area contributed by atoms with Gasteiger partial charge in [0.15, 0.2) is 17.3 Å². The molecular weight excluding hydrogens is 560 g/mol. The molecule has 0 aliphatic heterocycles. The zero-order valence-electron chi connectivity index (χ0n) is 25.8. The fourth-order valence-corrected chi connectivity index (χ4v) is 6.76. The van der Waals surface area contributed by atoms with Gasteiger partial charge >= 0.3 is 0 Å². The van der Waals surface area contributed by atoms with Gasteiger partial charge in [-0.15, -0.1) is 0 Å². The number of carbonyl (C=O) groups excluding carboxylic acids is 2. The van der Waals surface area contributed by atoms with Crippen molar-refractivity contribution in [2.24, 2.45) is 0 Å². The Morgan fingerprint density at radius 3 is 2.37 bits per heavy atom. The summed E-state index contributed by atoms with van der Waals surface area (Å²) < 4.78 is 10.9. The van der Waals surface area contributed by atoms with Gasteiger partial charge in [-0.2, -0.15) is 0 Å². The Hall–Kier alpha value is -3.61. The fraction of sp³-hybridized carbons (Fsp3) is 0.389. The van der Waals surface area contributed by atoms with Gasteiger partial charge in [-0.25, -0.2) is 0 Å². The molecule has 0 N–H and O–H groups in total. The second-order valence-corrected chi connectivity index (χ2v) is 11.7. The molecule has 7 heteroatoms. The summed E-state index contributed by atoms with van der Waals surface area (Å²) in [6.07, 6.45) is 4.93. The van der Waals surface area contributed by atoms with Gasteiger partial charge < -0.3 is 19.3 Å². The first-order valence-corrected chi connectivity index (χ1v) is 15.6. The molecule has 3 aromatic rings. The van der Waals surface area contributed by atoms with Crippen molar-refractivity contribution >= 4 is 34.9 Å². The summed E-state index contributed by atoms with van der Waals surface area (Å²) >= 11 is 6.71. The fourth-order valence-electron chi connectivity index (χ4n) is 6.53. The Kier molecular flexibility index (Phi) is 9.58. The quantitative estimate of drug-likeness (QED) is 0.287. The summed E-state index contributed by atoms with van der Waals surface area (Å²) in [5.74, 6) is 1.07. The normalized spacial score (nSPS) is 15.2. The van der Waals surface area contributed by atoms with Gasteiger partial charge in [0.05, 0.1) is 14.2 Å². The molecule has 0 bridgehead atoms. The van der Waals surface area contributed by atoms with Crippen LogP contribution in [0.2, 0.25) is 5.02 Å². The number of ether oxygens (including phenoxy) is 2. The van der Waals surface area contributed by atoms with Crippen LogP contribution in [0.5, 0.6) is 11.5 Å². The Balaban J connectivity index is 1.62. The van der Waals surface area contributed by atoms with Crippen LogP contribution >= 0.6 is 11.6 Å². The largest absolute Gasteiger partial charge is 0.493 e. The number of rotatable bonds is 11. The predicted octanol–water partition coefficient (Wildman–Crippen LogP) is 5.08. The molecule has 2 aliphatic carbocycles. The Labute approximate surface area is 258 Å². The van der Waals surface area contributed by atoms with Crippen LogP contribution in [0.25, 0.3) is 11.6 Å². The Morgan fingerprint density at radius 2 is 1.65 bits per heavy atom. The summed E-state index contributed by atoms with van der Waals surface area (Å²) in [7, 11) is 5.05. The van der Waals surface area contributed by atoms with Crippen molar-refractivity contribution in [2.75, 3.05) is 47.4 Å². The molecule has 43 heavy (non-hydrogen) atoms. The maximum Gasteiger partial charge on any atom is 0.223 e. The Bertz CT molecular complexity index is 1760. The lowest BCUT2D eigenvalue weighted by atomic mass is 9.79. The molecule has 0 radical (unpaired) electrons. The van der Waals surface area contributed by atoms with Crippen molar-refractivity contribution < 1.29 is 19.1 Å². The number of halogens is 1. The highest BCUT2D eigenvalue weighted by Gasteiger charge is 2.27. The number of amides is 1. The standard InChI is InChI=1S/C36H41ClN2O4/c1-6-39(7-2)19-18-38(3)34(40)22-24-20-30-25(10-9-13-31(30)37)28-16-15-26-27(35(24)28)11-8-12-29(26)36(41)23-14-17-32(42-4)33(21-23)43-5/h9-10,13-17,20-21,24H,6-8,11-12,18-19,22H2,1-5H3. The number of hydrogen-bond acceptors (Lipinski definition) is 5. The van der Waals surface area contributed by atoms with E-state index >= 15 is 0 Å². The number of fused-ring (bicyclic) bond motifs is 4. The molecular formula is C36H41ClN2O4. The first-order valence-electron chi connectivity index (χ1n) is 15.2. The molecule has 0 saturated carbocycles. The molecule has 3 aromatic carbocycles. The molecule has 0 heterocycles. The van der Waals surface area contributed by atoms with E-state index in [0.717, 1.165) is 70.1 Å². The second kappa shape index (κ2) is 13.4. The van der Waals surface area contributed by atoms with Gasteiger partial charge in [-0.05, 0) is 88.6 Å². The van der Waals surface area contributed by atoms with Crippen LogP contribution in [0, 0.1) is 10.4 Å². The lowest BCUT2D eigenvalue weighted by molar-refractivity contribution is -0.130. The first kappa shape index (κ1) is 30.8. The van der Waals surface area contributed by atoms with Gasteiger partial charge in [0.2, 0.25) is 5.91 Å². The van der Waals surface area contributed by atoms with Crippen LogP contribution in [0.3, 0.4) is 0 Å². The van der Waals surface area contributed by atoms with E-state index in [-0.39, 0.29) is 17.6 Å². The summed E-state index contributed by atoms with van der Waals surface area (Å²) in [6, 6.07) is 15.5. The summed E-state index contributed by atoms with van der Waals surface area (Å²) in [4.78, 5) is 31.7. The third-order valence-electron chi connectivity index (χ3n) is 9.00. The molecule has 5 rings (SSSR count). The SMILES string of the molecule is CCN(CC)CCN(C)C(=O)CC1C=c2c(Cl)cccc2=c2ccc3c(c21)CCCC=3C(=O)c1ccc(OC)c(OC)c1. The third kappa shape index (κ3) is 6.09. The van der Waals surface area contributed by atoms with E-state index in [0.29, 0.717) is 41.5 Å². The highest BCUT2D eigenvalue weighted by molar-refractivity contribution is 6.30. The van der Waals surface area contributed by atoms with E-state index in [4.69, 9.17) is 21.1 Å². The molecule has 0 saturated heterocycles. The average Bonchev–Trinajstić information content (AvgIpc) is 3.04. The molecule has 6 nitrogen and oxygen atoms in total. The van der Waals surface area contributed by atoms with Gasteiger partial charge in [-0.1, -0.05) is 55.8 Å². The van der Waals surface area contributed by atoms with E-state index in [1.165, 1.54) is 0 Å². The minimum absolute atomic E-state index is 0.00570. The number of carbonyl (C=O) groups is 2. The number of ketones is 1. The molecule has 1 atom stereocenters. The average molecular weight is 601 g/mol. The van der Waals surface area contributed by atoms with Crippen LogP contribution in [0.1, 0.15) is 60.5 Å². The van der Waals surface area contributed by atoms with Crippen molar-refractivity contribution in [1.29, 1.82) is 0 Å². The zero-order valence-corrected chi connectivity index (χ0v) is 26.6. The van der Waals surface area contributed by atoms with Crippen LogP contribution in [-0.2, 0) is 11.2 Å². The molecule has 2 aliphatic rings. The number of methoxy groups -OCH3 is 2. The van der Waals surface area contributed by atoms with E-state index in [1.807, 2.05) is 24.1 Å². The van der Waals surface area contributed by atoms with Crippen molar-refractivity contribution in [2.45, 2.75) is 45.4 Å². The van der Waals surface area contributed by atoms with Crippen LogP contribution in [-0.4, -0.2) is 68.9 Å². The Morgan fingerprint density at radius 1 is 0.907 bits per heavy atom. The van der Waals surface area contributed by atoms with Gasteiger partial charge in [0, 0.05) is 48.6 Å². The summed E-state index contributed by atoms with van der Waals surface area (Å²) in [5.41, 5.74) is 3.69. The third-order valence-corrected chi connectivity index (χ3v) is 9.33. The van der Waals surface area contributed by atoms with Crippen molar-refractivity contribution in [3.8, 4) is 11.5 Å². The summed E-state index contributed by atoms with van der Waals surface area (Å²) in [5, 5.41) is 4.81. The lowest BCUT2D eigenvalue weighted by Crippen LogP contribution is -2.37. The molecule has 0 spiro atoms. The van der Waals surface area contributed by atoms with Crippen molar-refractivity contribution in [1.82, 2.24) is 9.80 Å². The van der Waals surface area contributed by atoms with Crippen LogP contribution in [0.4, 0.5) is 0 Å². The monoisotopic (exact) mass is 600 g/mol.